The number of hydrogen-bond donors (Lipinski definition) is 2. The van der Waals surface area contributed by atoms with Crippen molar-refractivity contribution < 1.29 is 18.7 Å². The molecule has 0 spiro atoms. The van der Waals surface area contributed by atoms with E-state index in [2.05, 4.69) is 10.3 Å². The first-order chi connectivity index (χ1) is 9.06. The minimum atomic E-state index is -0.914. The van der Waals surface area contributed by atoms with Gasteiger partial charge in [0.25, 0.3) is 0 Å². The van der Waals surface area contributed by atoms with Gasteiger partial charge in [-0.15, -0.1) is 11.3 Å². The molecule has 0 aliphatic rings. The highest BCUT2D eigenvalue weighted by atomic mass is 32.1. The largest absolute Gasteiger partial charge is 0.481 e. The van der Waals surface area contributed by atoms with E-state index >= 15 is 0 Å². The van der Waals surface area contributed by atoms with Crippen molar-refractivity contribution >= 4 is 28.1 Å². The van der Waals surface area contributed by atoms with Crippen LogP contribution in [0.2, 0.25) is 0 Å². The standard InChI is InChI=1S/C12H10F2N2O2S/c13-8-2-1-3-9(14)11(8)16-12-15-7(6-19-12)4-5-10(17)18/h1-3,6H,4-5H2,(H,15,16)(H,17,18). The maximum absolute atomic E-state index is 13.4. The summed E-state index contributed by atoms with van der Waals surface area (Å²) in [4.78, 5) is 14.5. The Morgan fingerprint density at radius 1 is 1.37 bits per heavy atom. The zero-order valence-electron chi connectivity index (χ0n) is 9.69. The van der Waals surface area contributed by atoms with E-state index < -0.39 is 17.6 Å². The molecular weight excluding hydrogens is 274 g/mol. The molecule has 0 fully saturated rings. The highest BCUT2D eigenvalue weighted by Gasteiger charge is 2.11. The molecule has 2 N–H and O–H groups in total. The smallest absolute Gasteiger partial charge is 0.303 e. The quantitative estimate of drug-likeness (QED) is 0.885. The molecule has 0 amide bonds. The molecule has 0 unspecified atom stereocenters. The van der Waals surface area contributed by atoms with Crippen LogP contribution in [-0.2, 0) is 11.2 Å². The van der Waals surface area contributed by atoms with Crippen molar-refractivity contribution in [3.05, 3.63) is 40.9 Å². The normalized spacial score (nSPS) is 10.4. The number of nitrogens with zero attached hydrogens (tertiary/aromatic N) is 1. The van der Waals surface area contributed by atoms with Crippen molar-refractivity contribution in [1.82, 2.24) is 4.98 Å². The average molecular weight is 284 g/mol. The van der Waals surface area contributed by atoms with E-state index in [1.165, 1.54) is 6.07 Å². The third kappa shape index (κ3) is 3.47. The first-order valence-electron chi connectivity index (χ1n) is 5.43. The number of para-hydroxylation sites is 1. The summed E-state index contributed by atoms with van der Waals surface area (Å²) in [6, 6.07) is 3.56. The number of carboxylic acid groups (broad SMARTS) is 1. The number of aryl methyl sites for hydroxylation is 1. The maximum Gasteiger partial charge on any atom is 0.303 e. The Kier molecular flexibility index (Phi) is 4.06. The molecule has 7 heteroatoms. The molecule has 19 heavy (non-hydrogen) atoms. The van der Waals surface area contributed by atoms with E-state index in [0.717, 1.165) is 23.5 Å². The summed E-state index contributed by atoms with van der Waals surface area (Å²) in [5.41, 5.74) is 0.313. The molecule has 0 saturated carbocycles. The topological polar surface area (TPSA) is 62.2 Å². The van der Waals surface area contributed by atoms with Crippen LogP contribution in [0.25, 0.3) is 0 Å². The van der Waals surface area contributed by atoms with Crippen LogP contribution in [0.3, 0.4) is 0 Å². The minimum Gasteiger partial charge on any atom is -0.481 e. The first kappa shape index (κ1) is 13.4. The van der Waals surface area contributed by atoms with Crippen molar-refractivity contribution in [3.63, 3.8) is 0 Å². The number of anilines is 2. The molecule has 2 rings (SSSR count). The van der Waals surface area contributed by atoms with Crippen LogP contribution in [0.5, 0.6) is 0 Å². The third-order valence-corrected chi connectivity index (χ3v) is 3.15. The number of carbonyl (C=O) groups is 1. The number of nitrogens with one attached hydrogen (secondary N) is 1. The van der Waals surface area contributed by atoms with Gasteiger partial charge in [0.15, 0.2) is 5.13 Å². The van der Waals surface area contributed by atoms with Gasteiger partial charge >= 0.3 is 5.97 Å². The van der Waals surface area contributed by atoms with Gasteiger partial charge in [-0.25, -0.2) is 13.8 Å². The van der Waals surface area contributed by atoms with E-state index in [4.69, 9.17) is 5.11 Å². The van der Waals surface area contributed by atoms with Gasteiger partial charge in [0.05, 0.1) is 12.1 Å². The lowest BCUT2D eigenvalue weighted by molar-refractivity contribution is -0.136. The summed E-state index contributed by atoms with van der Waals surface area (Å²) in [5.74, 6) is -2.33. The Balaban J connectivity index is 2.09. The van der Waals surface area contributed by atoms with Crippen LogP contribution in [0.1, 0.15) is 12.1 Å². The van der Waals surface area contributed by atoms with E-state index in [1.807, 2.05) is 0 Å². The zero-order valence-corrected chi connectivity index (χ0v) is 10.5. The average Bonchev–Trinajstić information content (AvgIpc) is 2.79. The summed E-state index contributed by atoms with van der Waals surface area (Å²) in [7, 11) is 0. The Bertz CT molecular complexity index is 581. The number of benzene rings is 1. The zero-order chi connectivity index (χ0) is 13.8. The highest BCUT2D eigenvalue weighted by Crippen LogP contribution is 2.25. The summed E-state index contributed by atoms with van der Waals surface area (Å²) in [6.07, 6.45) is 0.254. The Morgan fingerprint density at radius 2 is 2.05 bits per heavy atom. The van der Waals surface area contributed by atoms with Crippen molar-refractivity contribution in [2.24, 2.45) is 0 Å². The molecule has 0 atom stereocenters. The van der Waals surface area contributed by atoms with Crippen LogP contribution in [0.4, 0.5) is 19.6 Å². The van der Waals surface area contributed by atoms with Gasteiger partial charge in [0.2, 0.25) is 0 Å². The number of carboxylic acids is 1. The monoisotopic (exact) mass is 284 g/mol. The van der Waals surface area contributed by atoms with Gasteiger partial charge in [0.1, 0.15) is 17.3 Å². The molecule has 0 aliphatic heterocycles. The van der Waals surface area contributed by atoms with Crippen LogP contribution < -0.4 is 5.32 Å². The number of hydrogen-bond acceptors (Lipinski definition) is 4. The van der Waals surface area contributed by atoms with Gasteiger partial charge < -0.3 is 10.4 Å². The molecule has 1 aromatic heterocycles. The van der Waals surface area contributed by atoms with Crippen molar-refractivity contribution in [2.45, 2.75) is 12.8 Å². The van der Waals surface area contributed by atoms with Gasteiger partial charge in [-0.05, 0) is 12.1 Å². The summed E-state index contributed by atoms with van der Waals surface area (Å²) in [6.45, 7) is 0. The predicted molar refractivity (Wildman–Crippen MR) is 67.7 cm³/mol. The number of thiazole rings is 1. The highest BCUT2D eigenvalue weighted by molar-refractivity contribution is 7.13. The molecule has 0 radical (unpaired) electrons. The third-order valence-electron chi connectivity index (χ3n) is 2.34. The van der Waals surface area contributed by atoms with Gasteiger partial charge in [-0.3, -0.25) is 4.79 Å². The van der Waals surface area contributed by atoms with E-state index in [1.54, 1.807) is 5.38 Å². The van der Waals surface area contributed by atoms with Gasteiger partial charge in [-0.2, -0.15) is 0 Å². The second-order valence-corrected chi connectivity index (χ2v) is 4.62. The number of halogens is 2. The lowest BCUT2D eigenvalue weighted by Crippen LogP contribution is -1.99. The SMILES string of the molecule is O=C(O)CCc1csc(Nc2c(F)cccc2F)n1. The molecule has 0 saturated heterocycles. The minimum absolute atomic E-state index is 0.0305. The van der Waals surface area contributed by atoms with Crippen LogP contribution in [0.15, 0.2) is 23.6 Å². The predicted octanol–water partition coefficient (Wildman–Crippen LogP) is 3.18. The van der Waals surface area contributed by atoms with E-state index in [9.17, 15) is 13.6 Å². The molecule has 100 valence electrons. The number of aliphatic carboxylic acids is 1. The Hall–Kier alpha value is -2.02. The van der Waals surface area contributed by atoms with E-state index in [-0.39, 0.29) is 18.5 Å². The molecule has 1 aromatic carbocycles. The molecule has 0 bridgehead atoms. The van der Waals surface area contributed by atoms with Crippen LogP contribution in [-0.4, -0.2) is 16.1 Å². The van der Waals surface area contributed by atoms with Crippen LogP contribution >= 0.6 is 11.3 Å². The Morgan fingerprint density at radius 3 is 2.68 bits per heavy atom. The molecule has 2 aromatic rings. The molecule has 4 nitrogen and oxygen atoms in total. The lowest BCUT2D eigenvalue weighted by atomic mass is 10.2. The number of rotatable bonds is 5. The number of aromatic nitrogens is 1. The van der Waals surface area contributed by atoms with Gasteiger partial charge in [0, 0.05) is 11.8 Å². The van der Waals surface area contributed by atoms with Crippen LogP contribution in [0, 0.1) is 11.6 Å². The fourth-order valence-corrected chi connectivity index (χ4v) is 2.19. The molecular formula is C12H10F2N2O2S. The molecule has 1 heterocycles. The molecule has 0 aliphatic carbocycles. The first-order valence-corrected chi connectivity index (χ1v) is 6.31. The second kappa shape index (κ2) is 5.75. The Labute approximate surface area is 111 Å². The fraction of sp³-hybridized carbons (Fsp3) is 0.167. The summed E-state index contributed by atoms with van der Waals surface area (Å²) in [5, 5.41) is 13.1. The van der Waals surface area contributed by atoms with Crippen molar-refractivity contribution in [3.8, 4) is 0 Å². The summed E-state index contributed by atoms with van der Waals surface area (Å²) >= 11 is 1.16. The van der Waals surface area contributed by atoms with E-state index in [0.29, 0.717) is 10.8 Å². The second-order valence-electron chi connectivity index (χ2n) is 3.76. The maximum atomic E-state index is 13.4. The van der Waals surface area contributed by atoms with Crippen molar-refractivity contribution in [2.75, 3.05) is 5.32 Å². The summed E-state index contributed by atoms with van der Waals surface area (Å²) < 4.78 is 26.8. The fourth-order valence-electron chi connectivity index (χ4n) is 1.44. The lowest BCUT2D eigenvalue weighted by Gasteiger charge is -2.04. The van der Waals surface area contributed by atoms with Gasteiger partial charge in [-0.1, -0.05) is 6.07 Å². The van der Waals surface area contributed by atoms with Crippen molar-refractivity contribution in [1.29, 1.82) is 0 Å².